The van der Waals surface area contributed by atoms with Gasteiger partial charge in [0.1, 0.15) is 23.2 Å². The number of likely N-dealkylation sites (tertiary alicyclic amines) is 1. The predicted octanol–water partition coefficient (Wildman–Crippen LogP) is 3.42. The van der Waals surface area contributed by atoms with Crippen molar-refractivity contribution in [1.29, 1.82) is 0 Å². The van der Waals surface area contributed by atoms with Crippen LogP contribution >= 0.6 is 11.3 Å². The number of nitrogens with zero attached hydrogens (tertiary/aromatic N) is 4. The van der Waals surface area contributed by atoms with Crippen molar-refractivity contribution in [3.05, 3.63) is 54.0 Å². The summed E-state index contributed by atoms with van der Waals surface area (Å²) in [5.74, 6) is 0.946. The molecule has 3 aromatic heterocycles. The van der Waals surface area contributed by atoms with Crippen LogP contribution in [0.1, 0.15) is 23.2 Å². The van der Waals surface area contributed by atoms with Gasteiger partial charge in [0.15, 0.2) is 5.82 Å². The van der Waals surface area contributed by atoms with Gasteiger partial charge >= 0.3 is 0 Å². The van der Waals surface area contributed by atoms with Crippen molar-refractivity contribution in [3.63, 3.8) is 0 Å². The van der Waals surface area contributed by atoms with Crippen LogP contribution in [-0.4, -0.2) is 50.7 Å². The van der Waals surface area contributed by atoms with Crippen LogP contribution in [0.15, 0.2) is 37.2 Å². The summed E-state index contributed by atoms with van der Waals surface area (Å²) >= 11 is 1.62. The lowest BCUT2D eigenvalue weighted by Gasteiger charge is -2.22. The first-order valence-electron chi connectivity index (χ1n) is 10.6. The van der Waals surface area contributed by atoms with Crippen LogP contribution in [0.4, 0.5) is 5.82 Å². The first-order chi connectivity index (χ1) is 15.8. The number of rotatable bonds is 4. The molecule has 0 spiro atoms. The zero-order valence-electron chi connectivity index (χ0n) is 18.8. The molecule has 1 saturated heterocycles. The normalized spacial score (nSPS) is 18.4. The molecule has 170 valence electrons. The van der Waals surface area contributed by atoms with Crippen LogP contribution in [0.2, 0.25) is 0 Å². The maximum absolute atomic E-state index is 12.1. The second kappa shape index (κ2) is 7.57. The van der Waals surface area contributed by atoms with Gasteiger partial charge in [-0.1, -0.05) is 12.6 Å². The Balaban J connectivity index is 1.74. The molecule has 1 amide bonds. The molecule has 0 aliphatic carbocycles. The Morgan fingerprint density at radius 3 is 2.88 bits per heavy atom. The van der Waals surface area contributed by atoms with Crippen molar-refractivity contribution >= 4 is 38.7 Å². The van der Waals surface area contributed by atoms with Gasteiger partial charge in [0.2, 0.25) is 5.91 Å². The van der Waals surface area contributed by atoms with Crippen LogP contribution in [-0.2, 0) is 10.4 Å². The molecule has 1 unspecified atom stereocenters. The third kappa shape index (κ3) is 3.19. The molecule has 1 aromatic carbocycles. The van der Waals surface area contributed by atoms with Gasteiger partial charge in [0, 0.05) is 28.8 Å². The highest BCUT2D eigenvalue weighted by Gasteiger charge is 2.42. The standard InChI is InChI=1S/C24H25N5O3S/c1-5-19(30)28-7-6-24(31,11-28)18-10-16(20-23(25)26-12-27-29(18)20)21-14(3)15-8-13(2)9-17(32-4)22(15)33-21/h5,8-10,12,31H,1,6-7,11H2,2-4H3,(H2,25,26,27). The molecule has 1 atom stereocenters. The van der Waals surface area contributed by atoms with Gasteiger partial charge in [0.25, 0.3) is 0 Å². The number of nitrogen functional groups attached to an aromatic ring is 1. The fourth-order valence-corrected chi connectivity index (χ4v) is 6.02. The van der Waals surface area contributed by atoms with Crippen LogP contribution in [0.5, 0.6) is 5.75 Å². The molecule has 4 heterocycles. The van der Waals surface area contributed by atoms with Gasteiger partial charge in [-0.2, -0.15) is 5.10 Å². The van der Waals surface area contributed by atoms with Gasteiger partial charge in [-0.25, -0.2) is 9.50 Å². The lowest BCUT2D eigenvalue weighted by atomic mass is 9.98. The topological polar surface area (TPSA) is 106 Å². The average molecular weight is 464 g/mol. The van der Waals surface area contributed by atoms with E-state index in [-0.39, 0.29) is 12.5 Å². The van der Waals surface area contributed by atoms with Crippen molar-refractivity contribution in [1.82, 2.24) is 19.5 Å². The lowest BCUT2D eigenvalue weighted by molar-refractivity contribution is -0.126. The summed E-state index contributed by atoms with van der Waals surface area (Å²) in [5, 5.41) is 17.1. The highest BCUT2D eigenvalue weighted by atomic mass is 32.1. The van der Waals surface area contributed by atoms with Crippen LogP contribution in [0.25, 0.3) is 26.0 Å². The highest BCUT2D eigenvalue weighted by Crippen LogP contribution is 2.46. The largest absolute Gasteiger partial charge is 0.495 e. The molecule has 4 aromatic rings. The number of benzene rings is 1. The predicted molar refractivity (Wildman–Crippen MR) is 130 cm³/mol. The second-order valence-electron chi connectivity index (χ2n) is 8.49. The summed E-state index contributed by atoms with van der Waals surface area (Å²) in [6.07, 6.45) is 3.04. The molecule has 3 N–H and O–H groups in total. The molecule has 8 nitrogen and oxygen atoms in total. The average Bonchev–Trinajstić information content (AvgIpc) is 3.48. The minimum atomic E-state index is -1.26. The van der Waals surface area contributed by atoms with Gasteiger partial charge < -0.3 is 20.5 Å². The number of hydrogen-bond donors (Lipinski definition) is 2. The van der Waals surface area contributed by atoms with Gasteiger partial charge in [0.05, 0.1) is 24.0 Å². The molecule has 1 aliphatic rings. The van der Waals surface area contributed by atoms with E-state index in [9.17, 15) is 9.90 Å². The monoisotopic (exact) mass is 463 g/mol. The zero-order valence-corrected chi connectivity index (χ0v) is 19.6. The van der Waals surface area contributed by atoms with E-state index in [1.807, 2.05) is 19.1 Å². The quantitative estimate of drug-likeness (QED) is 0.449. The van der Waals surface area contributed by atoms with E-state index in [4.69, 9.17) is 10.5 Å². The zero-order chi connectivity index (χ0) is 23.5. The first kappa shape index (κ1) is 21.4. The molecule has 1 aliphatic heterocycles. The number of ether oxygens (including phenoxy) is 1. The summed E-state index contributed by atoms with van der Waals surface area (Å²) in [6.45, 7) is 8.27. The van der Waals surface area contributed by atoms with Crippen molar-refractivity contribution in [2.75, 3.05) is 25.9 Å². The molecule has 9 heteroatoms. The van der Waals surface area contributed by atoms with E-state index >= 15 is 0 Å². The first-order valence-corrected chi connectivity index (χ1v) is 11.4. The summed E-state index contributed by atoms with van der Waals surface area (Å²) in [7, 11) is 1.67. The number of nitrogens with two attached hydrogens (primary N) is 1. The molecule has 1 fully saturated rings. The summed E-state index contributed by atoms with van der Waals surface area (Å²) in [5.41, 5.74) is 9.34. The van der Waals surface area contributed by atoms with Crippen LogP contribution in [0, 0.1) is 13.8 Å². The number of carbonyl (C=O) groups excluding carboxylic acids is 1. The Hall–Kier alpha value is -3.43. The lowest BCUT2D eigenvalue weighted by Crippen LogP contribution is -2.34. The minimum Gasteiger partial charge on any atom is -0.495 e. The van der Waals surface area contributed by atoms with Crippen molar-refractivity contribution in [2.24, 2.45) is 0 Å². The van der Waals surface area contributed by atoms with E-state index in [1.165, 1.54) is 12.4 Å². The number of carbonyl (C=O) groups is 1. The third-order valence-electron chi connectivity index (χ3n) is 6.41. The fourth-order valence-electron chi connectivity index (χ4n) is 4.73. The number of hydrogen-bond acceptors (Lipinski definition) is 7. The van der Waals surface area contributed by atoms with E-state index in [2.05, 4.69) is 29.7 Å². The third-order valence-corrected chi connectivity index (χ3v) is 7.76. The number of methoxy groups -OCH3 is 1. The molecule has 0 bridgehead atoms. The Labute approximate surface area is 194 Å². The van der Waals surface area contributed by atoms with E-state index in [0.29, 0.717) is 30.0 Å². The Morgan fingerprint density at radius 2 is 2.15 bits per heavy atom. The number of aliphatic hydroxyl groups is 1. The molecule has 5 rings (SSSR count). The molecular formula is C24H25N5O3S. The Morgan fingerprint density at radius 1 is 1.36 bits per heavy atom. The number of aromatic nitrogens is 3. The van der Waals surface area contributed by atoms with Crippen molar-refractivity contribution in [2.45, 2.75) is 25.9 Å². The van der Waals surface area contributed by atoms with E-state index < -0.39 is 5.60 Å². The van der Waals surface area contributed by atoms with Crippen LogP contribution in [0.3, 0.4) is 0 Å². The van der Waals surface area contributed by atoms with E-state index in [1.54, 1.807) is 27.9 Å². The second-order valence-corrected chi connectivity index (χ2v) is 9.52. The number of thiophene rings is 1. The SMILES string of the molecule is C=CC(=O)N1CCC(O)(c2cc(-c3sc4c(OC)cc(C)cc4c3C)c3c(N)ncnn23)C1. The fraction of sp³-hybridized carbons (Fsp3) is 0.292. The molecule has 33 heavy (non-hydrogen) atoms. The van der Waals surface area contributed by atoms with Crippen molar-refractivity contribution < 1.29 is 14.6 Å². The molecule has 0 radical (unpaired) electrons. The minimum absolute atomic E-state index is 0.158. The van der Waals surface area contributed by atoms with Crippen molar-refractivity contribution in [3.8, 4) is 16.2 Å². The molecule has 0 saturated carbocycles. The number of fused-ring (bicyclic) bond motifs is 2. The molecular weight excluding hydrogens is 438 g/mol. The number of amides is 1. The Bertz CT molecular complexity index is 1440. The smallest absolute Gasteiger partial charge is 0.246 e. The van der Waals surface area contributed by atoms with Gasteiger partial charge in [-0.3, -0.25) is 4.79 Å². The maximum Gasteiger partial charge on any atom is 0.246 e. The summed E-state index contributed by atoms with van der Waals surface area (Å²) in [6, 6.07) is 6.10. The number of β-amino-alcohol motifs (C(OH)–C–C–N with tert-alkyl or cyclic N) is 1. The highest BCUT2D eigenvalue weighted by molar-refractivity contribution is 7.23. The maximum atomic E-state index is 12.1. The van der Waals surface area contributed by atoms with Gasteiger partial charge in [-0.15, -0.1) is 11.3 Å². The number of aryl methyl sites for hydroxylation is 2. The summed E-state index contributed by atoms with van der Waals surface area (Å²) in [4.78, 5) is 19.0. The Kier molecular flexibility index (Phi) is 4.91. The number of anilines is 1. The summed E-state index contributed by atoms with van der Waals surface area (Å²) < 4.78 is 8.35. The van der Waals surface area contributed by atoms with Gasteiger partial charge in [-0.05, 0) is 43.2 Å². The van der Waals surface area contributed by atoms with E-state index in [0.717, 1.165) is 37.4 Å². The van der Waals surface area contributed by atoms with Crippen LogP contribution < -0.4 is 10.5 Å².